The highest BCUT2D eigenvalue weighted by molar-refractivity contribution is 6.04. The van der Waals surface area contributed by atoms with Gasteiger partial charge in [0, 0.05) is 6.42 Å². The van der Waals surface area contributed by atoms with E-state index >= 15 is 0 Å². The average molecular weight is 267 g/mol. The molecule has 1 aliphatic rings. The van der Waals surface area contributed by atoms with E-state index in [9.17, 15) is 14.4 Å². The predicted molar refractivity (Wildman–Crippen MR) is 73.3 cm³/mol. The lowest BCUT2D eigenvalue weighted by molar-refractivity contribution is -0.142. The van der Waals surface area contributed by atoms with Gasteiger partial charge in [0.25, 0.3) is 0 Å². The number of imide groups is 1. The fraction of sp³-hybridized carbons (Fsp3) is 0.800. The van der Waals surface area contributed by atoms with E-state index in [-0.39, 0.29) is 42.0 Å². The van der Waals surface area contributed by atoms with Crippen molar-refractivity contribution in [1.29, 1.82) is 0 Å². The van der Waals surface area contributed by atoms with Gasteiger partial charge in [-0.1, -0.05) is 41.0 Å². The molecule has 108 valence electrons. The second-order valence-electron chi connectivity index (χ2n) is 6.31. The quantitative estimate of drug-likeness (QED) is 0.548. The standard InChI is InChI=1S/C15H25NO3/c1-6-12(15(4,5)10(2)3)11-9-13(18)16(7-8-17)14(11)19/h8,10-12H,6-7,9H2,1-5H3. The minimum atomic E-state index is -0.269. The molecule has 0 aromatic rings. The van der Waals surface area contributed by atoms with Crippen LogP contribution >= 0.6 is 0 Å². The Balaban J connectivity index is 2.99. The van der Waals surface area contributed by atoms with Crippen LogP contribution in [-0.4, -0.2) is 29.5 Å². The van der Waals surface area contributed by atoms with Gasteiger partial charge in [0.05, 0.1) is 12.5 Å². The summed E-state index contributed by atoms with van der Waals surface area (Å²) in [7, 11) is 0. The summed E-state index contributed by atoms with van der Waals surface area (Å²) in [6.45, 7) is 10.6. The van der Waals surface area contributed by atoms with Crippen molar-refractivity contribution in [2.45, 2.75) is 47.5 Å². The highest BCUT2D eigenvalue weighted by atomic mass is 16.2. The fourth-order valence-electron chi connectivity index (χ4n) is 3.05. The van der Waals surface area contributed by atoms with Crippen LogP contribution < -0.4 is 0 Å². The summed E-state index contributed by atoms with van der Waals surface area (Å²) >= 11 is 0. The maximum Gasteiger partial charge on any atom is 0.233 e. The number of amides is 2. The molecule has 0 saturated carbocycles. The van der Waals surface area contributed by atoms with Gasteiger partial charge >= 0.3 is 0 Å². The summed E-state index contributed by atoms with van der Waals surface area (Å²) in [5.41, 5.74) is -0.00740. The smallest absolute Gasteiger partial charge is 0.233 e. The van der Waals surface area contributed by atoms with Gasteiger partial charge in [-0.2, -0.15) is 0 Å². The fourth-order valence-corrected chi connectivity index (χ4v) is 3.05. The molecule has 1 aliphatic heterocycles. The second-order valence-corrected chi connectivity index (χ2v) is 6.31. The third-order valence-corrected chi connectivity index (χ3v) is 4.91. The van der Waals surface area contributed by atoms with Crippen molar-refractivity contribution in [3.05, 3.63) is 0 Å². The first-order valence-corrected chi connectivity index (χ1v) is 7.05. The molecule has 4 nitrogen and oxygen atoms in total. The van der Waals surface area contributed by atoms with Crippen LogP contribution in [0.15, 0.2) is 0 Å². The summed E-state index contributed by atoms with van der Waals surface area (Å²) in [6.07, 6.45) is 1.73. The number of aldehydes is 1. The third-order valence-electron chi connectivity index (χ3n) is 4.91. The van der Waals surface area contributed by atoms with Gasteiger partial charge in [0.1, 0.15) is 6.29 Å². The number of likely N-dealkylation sites (tertiary alicyclic amines) is 1. The molecule has 0 aromatic carbocycles. The molecular weight excluding hydrogens is 242 g/mol. The lowest BCUT2D eigenvalue weighted by Gasteiger charge is -2.40. The number of rotatable bonds is 6. The average Bonchev–Trinajstić information content (AvgIpc) is 2.58. The van der Waals surface area contributed by atoms with E-state index < -0.39 is 0 Å². The number of carbonyl (C=O) groups is 3. The molecule has 4 heteroatoms. The third kappa shape index (κ3) is 2.88. The van der Waals surface area contributed by atoms with E-state index in [1.807, 2.05) is 0 Å². The first-order valence-electron chi connectivity index (χ1n) is 7.05. The maximum absolute atomic E-state index is 12.3. The van der Waals surface area contributed by atoms with E-state index in [1.165, 1.54) is 0 Å². The highest BCUT2D eigenvalue weighted by Crippen LogP contribution is 2.44. The van der Waals surface area contributed by atoms with Crippen molar-refractivity contribution in [3.8, 4) is 0 Å². The summed E-state index contributed by atoms with van der Waals surface area (Å²) < 4.78 is 0. The molecule has 2 amide bonds. The highest BCUT2D eigenvalue weighted by Gasteiger charge is 2.47. The van der Waals surface area contributed by atoms with Crippen LogP contribution in [0.2, 0.25) is 0 Å². The van der Waals surface area contributed by atoms with Crippen molar-refractivity contribution < 1.29 is 14.4 Å². The van der Waals surface area contributed by atoms with E-state index in [4.69, 9.17) is 0 Å². The summed E-state index contributed by atoms with van der Waals surface area (Å²) in [4.78, 5) is 35.8. The van der Waals surface area contributed by atoms with Crippen molar-refractivity contribution in [3.63, 3.8) is 0 Å². The number of carbonyl (C=O) groups excluding carboxylic acids is 3. The summed E-state index contributed by atoms with van der Waals surface area (Å²) in [5.74, 6) is -0.0475. The molecule has 2 unspecified atom stereocenters. The monoisotopic (exact) mass is 267 g/mol. The molecule has 2 atom stereocenters. The molecule has 19 heavy (non-hydrogen) atoms. The molecule has 0 aromatic heterocycles. The predicted octanol–water partition coefficient (Wildman–Crippen LogP) is 2.27. The molecule has 1 saturated heterocycles. The van der Waals surface area contributed by atoms with Crippen LogP contribution in [0.5, 0.6) is 0 Å². The Bertz CT molecular complexity index is 374. The Kier molecular flexibility index (Phi) is 4.88. The topological polar surface area (TPSA) is 54.5 Å². The number of hydrogen-bond acceptors (Lipinski definition) is 3. The van der Waals surface area contributed by atoms with Crippen LogP contribution in [0.4, 0.5) is 0 Å². The van der Waals surface area contributed by atoms with Crippen molar-refractivity contribution >= 4 is 18.1 Å². The van der Waals surface area contributed by atoms with Crippen molar-refractivity contribution in [2.75, 3.05) is 6.54 Å². The zero-order valence-electron chi connectivity index (χ0n) is 12.6. The molecule has 1 rings (SSSR count). The maximum atomic E-state index is 12.3. The molecular formula is C15H25NO3. The lowest BCUT2D eigenvalue weighted by Crippen LogP contribution is -2.39. The first-order chi connectivity index (χ1) is 8.77. The number of nitrogens with zero attached hydrogens (tertiary/aromatic N) is 1. The molecule has 1 heterocycles. The molecule has 0 radical (unpaired) electrons. The Labute approximate surface area is 115 Å². The molecule has 0 spiro atoms. The zero-order valence-corrected chi connectivity index (χ0v) is 12.6. The Morgan fingerprint density at radius 3 is 2.37 bits per heavy atom. The van der Waals surface area contributed by atoms with Crippen LogP contribution in [0.25, 0.3) is 0 Å². The van der Waals surface area contributed by atoms with Crippen LogP contribution in [0, 0.1) is 23.2 Å². The van der Waals surface area contributed by atoms with Crippen molar-refractivity contribution in [2.24, 2.45) is 23.2 Å². The zero-order chi connectivity index (χ0) is 14.8. The normalized spacial score (nSPS) is 22.2. The van der Waals surface area contributed by atoms with Gasteiger partial charge in [0.15, 0.2) is 0 Å². The Morgan fingerprint density at radius 2 is 1.95 bits per heavy atom. The van der Waals surface area contributed by atoms with Gasteiger partial charge < -0.3 is 4.79 Å². The largest absolute Gasteiger partial charge is 0.301 e. The Hall–Kier alpha value is -1.19. The van der Waals surface area contributed by atoms with Crippen LogP contribution in [0.1, 0.15) is 47.5 Å². The van der Waals surface area contributed by atoms with E-state index in [2.05, 4.69) is 34.6 Å². The van der Waals surface area contributed by atoms with Crippen molar-refractivity contribution in [1.82, 2.24) is 4.90 Å². The van der Waals surface area contributed by atoms with Gasteiger partial charge in [-0.15, -0.1) is 0 Å². The minimum Gasteiger partial charge on any atom is -0.301 e. The molecule has 0 N–H and O–H groups in total. The minimum absolute atomic E-state index is 0.00740. The first kappa shape index (κ1) is 15.9. The van der Waals surface area contributed by atoms with E-state index in [0.29, 0.717) is 12.2 Å². The Morgan fingerprint density at radius 1 is 1.37 bits per heavy atom. The van der Waals surface area contributed by atoms with Crippen LogP contribution in [0.3, 0.4) is 0 Å². The van der Waals surface area contributed by atoms with Gasteiger partial charge in [-0.3, -0.25) is 14.5 Å². The van der Waals surface area contributed by atoms with Crippen LogP contribution in [-0.2, 0) is 14.4 Å². The van der Waals surface area contributed by atoms with E-state index in [0.717, 1.165) is 11.3 Å². The molecule has 0 bridgehead atoms. The van der Waals surface area contributed by atoms with E-state index in [1.54, 1.807) is 0 Å². The summed E-state index contributed by atoms with van der Waals surface area (Å²) in [6, 6.07) is 0. The second kappa shape index (κ2) is 5.85. The van der Waals surface area contributed by atoms with Gasteiger partial charge in [-0.25, -0.2) is 0 Å². The lowest BCUT2D eigenvalue weighted by atomic mass is 9.64. The number of hydrogen-bond donors (Lipinski definition) is 0. The molecule has 1 fully saturated rings. The SMILES string of the molecule is CCC(C1CC(=O)N(CC=O)C1=O)C(C)(C)C(C)C. The van der Waals surface area contributed by atoms with Gasteiger partial charge in [-0.05, 0) is 17.3 Å². The molecule has 0 aliphatic carbocycles. The van der Waals surface area contributed by atoms with Gasteiger partial charge in [0.2, 0.25) is 11.8 Å². The summed E-state index contributed by atoms with van der Waals surface area (Å²) in [5, 5.41) is 0.